The Balaban J connectivity index is 1.86. The van der Waals surface area contributed by atoms with Gasteiger partial charge in [-0.3, -0.25) is 0 Å². The monoisotopic (exact) mass is 304 g/mol. The van der Waals surface area contributed by atoms with Gasteiger partial charge in [-0.05, 0) is 38.0 Å². The summed E-state index contributed by atoms with van der Waals surface area (Å²) in [7, 11) is 1.62. The van der Waals surface area contributed by atoms with Crippen LogP contribution in [0.3, 0.4) is 0 Å². The first kappa shape index (κ1) is 13.9. The van der Waals surface area contributed by atoms with Gasteiger partial charge in [-0.1, -0.05) is 11.6 Å². The average molecular weight is 305 g/mol. The first-order valence-corrected chi connectivity index (χ1v) is 7.24. The highest BCUT2D eigenvalue weighted by Crippen LogP contribution is 2.30. The van der Waals surface area contributed by atoms with Crippen LogP contribution in [-0.4, -0.2) is 23.1 Å². The number of methoxy groups -OCH3 is 1. The number of nitrogens with zero attached hydrogens (tertiary/aromatic N) is 2. The first-order valence-electron chi connectivity index (χ1n) is 6.87. The Hall–Kier alpha value is -2.01. The molecule has 2 aromatic rings. The lowest BCUT2D eigenvalue weighted by atomic mass is 10.3. The summed E-state index contributed by atoms with van der Waals surface area (Å²) in [6.45, 7) is 1.94. The zero-order valence-corrected chi connectivity index (χ0v) is 12.7. The third-order valence-electron chi connectivity index (χ3n) is 3.19. The molecule has 1 saturated carbocycles. The SMILES string of the molecule is COc1ccc(Cl)cc1Nc1nc(C)cc(NC2CC2)n1. The molecule has 0 aliphatic heterocycles. The molecule has 1 fully saturated rings. The normalized spacial score (nSPS) is 13.9. The van der Waals surface area contributed by atoms with Crippen molar-refractivity contribution in [3.8, 4) is 5.75 Å². The fourth-order valence-electron chi connectivity index (χ4n) is 2.03. The molecule has 1 aromatic carbocycles. The van der Waals surface area contributed by atoms with E-state index in [1.54, 1.807) is 19.2 Å². The summed E-state index contributed by atoms with van der Waals surface area (Å²) in [6.07, 6.45) is 2.40. The molecular formula is C15H17ClN4O. The molecule has 1 heterocycles. The van der Waals surface area contributed by atoms with Crippen molar-refractivity contribution >= 4 is 29.1 Å². The van der Waals surface area contributed by atoms with Gasteiger partial charge in [0, 0.05) is 22.8 Å². The molecular weight excluding hydrogens is 288 g/mol. The summed E-state index contributed by atoms with van der Waals surface area (Å²) in [5.41, 5.74) is 1.64. The standard InChI is InChI=1S/C15H17ClN4O/c1-9-7-14(18-11-4-5-11)20-15(17-9)19-12-8-10(16)3-6-13(12)21-2/h3,6-8,11H,4-5H2,1-2H3,(H2,17,18,19,20). The van der Waals surface area contributed by atoms with Gasteiger partial charge in [0.15, 0.2) is 0 Å². The molecule has 6 heteroatoms. The van der Waals surface area contributed by atoms with Crippen LogP contribution in [0.1, 0.15) is 18.5 Å². The van der Waals surface area contributed by atoms with Gasteiger partial charge in [-0.2, -0.15) is 4.98 Å². The number of halogens is 1. The minimum Gasteiger partial charge on any atom is -0.495 e. The molecule has 1 aromatic heterocycles. The molecule has 0 bridgehead atoms. The fourth-order valence-corrected chi connectivity index (χ4v) is 2.21. The van der Waals surface area contributed by atoms with E-state index in [4.69, 9.17) is 16.3 Å². The molecule has 1 aliphatic carbocycles. The summed E-state index contributed by atoms with van der Waals surface area (Å²) in [6, 6.07) is 7.87. The van der Waals surface area contributed by atoms with Crippen molar-refractivity contribution in [2.45, 2.75) is 25.8 Å². The van der Waals surface area contributed by atoms with Crippen LogP contribution in [0.2, 0.25) is 5.02 Å². The highest BCUT2D eigenvalue weighted by molar-refractivity contribution is 6.30. The van der Waals surface area contributed by atoms with Crippen molar-refractivity contribution < 1.29 is 4.74 Å². The van der Waals surface area contributed by atoms with Gasteiger partial charge in [-0.15, -0.1) is 0 Å². The van der Waals surface area contributed by atoms with Gasteiger partial charge >= 0.3 is 0 Å². The molecule has 0 radical (unpaired) electrons. The molecule has 3 rings (SSSR count). The second-order valence-corrected chi connectivity index (χ2v) is 5.54. The van der Waals surface area contributed by atoms with E-state index in [0.717, 1.165) is 17.2 Å². The molecule has 0 spiro atoms. The van der Waals surface area contributed by atoms with Crippen LogP contribution in [0.5, 0.6) is 5.75 Å². The van der Waals surface area contributed by atoms with Gasteiger partial charge in [0.25, 0.3) is 0 Å². The number of hydrogen-bond acceptors (Lipinski definition) is 5. The Morgan fingerprint density at radius 2 is 2.05 bits per heavy atom. The van der Waals surface area contributed by atoms with Crippen molar-refractivity contribution in [3.63, 3.8) is 0 Å². The van der Waals surface area contributed by atoms with E-state index in [1.807, 2.05) is 19.1 Å². The first-order chi connectivity index (χ1) is 10.1. The van der Waals surface area contributed by atoms with Crippen molar-refractivity contribution in [2.24, 2.45) is 0 Å². The maximum absolute atomic E-state index is 6.03. The highest BCUT2D eigenvalue weighted by atomic mass is 35.5. The van der Waals surface area contributed by atoms with Crippen LogP contribution in [-0.2, 0) is 0 Å². The van der Waals surface area contributed by atoms with E-state index in [0.29, 0.717) is 22.8 Å². The lowest BCUT2D eigenvalue weighted by Gasteiger charge is -2.12. The lowest BCUT2D eigenvalue weighted by molar-refractivity contribution is 0.417. The molecule has 2 N–H and O–H groups in total. The Kier molecular flexibility index (Phi) is 3.84. The zero-order valence-electron chi connectivity index (χ0n) is 12.0. The van der Waals surface area contributed by atoms with Crippen molar-refractivity contribution in [2.75, 3.05) is 17.7 Å². The average Bonchev–Trinajstić information content (AvgIpc) is 3.22. The molecule has 0 saturated heterocycles. The predicted molar refractivity (Wildman–Crippen MR) is 84.7 cm³/mol. The highest BCUT2D eigenvalue weighted by Gasteiger charge is 2.21. The number of hydrogen-bond donors (Lipinski definition) is 2. The number of benzene rings is 1. The number of anilines is 3. The summed E-state index contributed by atoms with van der Waals surface area (Å²) in [5, 5.41) is 7.17. The predicted octanol–water partition coefficient (Wildman–Crippen LogP) is 3.76. The van der Waals surface area contributed by atoms with Gasteiger partial charge < -0.3 is 15.4 Å². The zero-order chi connectivity index (χ0) is 14.8. The van der Waals surface area contributed by atoms with E-state index in [-0.39, 0.29) is 0 Å². The summed E-state index contributed by atoms with van der Waals surface area (Å²) < 4.78 is 5.32. The Labute approximate surface area is 128 Å². The molecule has 0 atom stereocenters. The summed E-state index contributed by atoms with van der Waals surface area (Å²) in [5.74, 6) is 2.06. The van der Waals surface area contributed by atoms with Crippen LogP contribution >= 0.6 is 11.6 Å². The Bertz CT molecular complexity index is 658. The summed E-state index contributed by atoms with van der Waals surface area (Å²) in [4.78, 5) is 8.88. The second kappa shape index (κ2) is 5.77. The molecule has 0 unspecified atom stereocenters. The molecule has 110 valence electrons. The Morgan fingerprint density at radius 3 is 2.76 bits per heavy atom. The number of ether oxygens (including phenoxy) is 1. The number of rotatable bonds is 5. The van der Waals surface area contributed by atoms with Crippen LogP contribution in [0.25, 0.3) is 0 Å². The van der Waals surface area contributed by atoms with Gasteiger partial charge in [0.2, 0.25) is 5.95 Å². The third-order valence-corrected chi connectivity index (χ3v) is 3.43. The van der Waals surface area contributed by atoms with E-state index in [2.05, 4.69) is 20.6 Å². The molecule has 5 nitrogen and oxygen atoms in total. The fraction of sp³-hybridized carbons (Fsp3) is 0.333. The van der Waals surface area contributed by atoms with Crippen molar-refractivity contribution in [1.82, 2.24) is 9.97 Å². The van der Waals surface area contributed by atoms with Gasteiger partial charge in [0.05, 0.1) is 12.8 Å². The smallest absolute Gasteiger partial charge is 0.229 e. The number of aryl methyl sites for hydroxylation is 1. The van der Waals surface area contributed by atoms with E-state index in [1.165, 1.54) is 12.8 Å². The third kappa shape index (κ3) is 3.55. The van der Waals surface area contributed by atoms with E-state index >= 15 is 0 Å². The van der Waals surface area contributed by atoms with Crippen molar-refractivity contribution in [3.05, 3.63) is 35.0 Å². The van der Waals surface area contributed by atoms with Crippen LogP contribution < -0.4 is 15.4 Å². The molecule has 0 amide bonds. The summed E-state index contributed by atoms with van der Waals surface area (Å²) >= 11 is 6.03. The minimum absolute atomic E-state index is 0.527. The quantitative estimate of drug-likeness (QED) is 0.880. The lowest BCUT2D eigenvalue weighted by Crippen LogP contribution is -2.07. The van der Waals surface area contributed by atoms with Gasteiger partial charge in [0.1, 0.15) is 11.6 Å². The Morgan fingerprint density at radius 1 is 1.24 bits per heavy atom. The van der Waals surface area contributed by atoms with E-state index in [9.17, 15) is 0 Å². The maximum atomic E-state index is 6.03. The topological polar surface area (TPSA) is 59.1 Å². The van der Waals surface area contributed by atoms with Crippen LogP contribution in [0.15, 0.2) is 24.3 Å². The second-order valence-electron chi connectivity index (χ2n) is 5.11. The van der Waals surface area contributed by atoms with Crippen molar-refractivity contribution in [1.29, 1.82) is 0 Å². The maximum Gasteiger partial charge on any atom is 0.229 e. The van der Waals surface area contributed by atoms with Gasteiger partial charge in [-0.25, -0.2) is 4.98 Å². The minimum atomic E-state index is 0.527. The molecule has 21 heavy (non-hydrogen) atoms. The van der Waals surface area contributed by atoms with E-state index < -0.39 is 0 Å². The number of aromatic nitrogens is 2. The molecule has 1 aliphatic rings. The van der Waals surface area contributed by atoms with Crippen LogP contribution in [0.4, 0.5) is 17.5 Å². The largest absolute Gasteiger partial charge is 0.495 e. The number of nitrogens with one attached hydrogen (secondary N) is 2. The van der Waals surface area contributed by atoms with Crippen LogP contribution in [0, 0.1) is 6.92 Å².